The first kappa shape index (κ1) is 13.0. The van der Waals surface area contributed by atoms with Crippen LogP contribution in [0.5, 0.6) is 0 Å². The summed E-state index contributed by atoms with van der Waals surface area (Å²) in [5.74, 6) is 0. The van der Waals surface area contributed by atoms with E-state index in [1.165, 1.54) is 0 Å². The maximum absolute atomic E-state index is 10.8. The van der Waals surface area contributed by atoms with Gasteiger partial charge in [-0.05, 0) is 0 Å². The van der Waals surface area contributed by atoms with Gasteiger partial charge in [-0.2, -0.15) is 13.2 Å². The number of alkyl halides is 3. The predicted octanol–water partition coefficient (Wildman–Crippen LogP) is -3.09. The Bertz CT molecular complexity index is 175. The third-order valence-corrected chi connectivity index (χ3v) is 0.968. The second-order valence-corrected chi connectivity index (χ2v) is 2.54. The molecule has 0 heterocycles. The normalized spacial score (nSPS) is 12.4. The summed E-state index contributed by atoms with van der Waals surface area (Å²) in [6, 6.07) is 0. The Labute approximate surface area is 93.7 Å². The van der Waals surface area contributed by atoms with E-state index >= 15 is 0 Å². The molecule has 0 saturated heterocycles. The van der Waals surface area contributed by atoms with Crippen molar-refractivity contribution in [3.8, 4) is 0 Å². The Morgan fingerprint density at radius 1 is 1.33 bits per heavy atom. The van der Waals surface area contributed by atoms with E-state index in [-0.39, 0.29) is 52.8 Å². The standard InChI is InChI=1S/CH2F3NO2S.K.H/c2-1(3,4)8(5,6)7;;/h(H2,5,6,7);;/q;+1;-1. The maximum Gasteiger partial charge on any atom is 1.00 e. The molecule has 0 aliphatic heterocycles. The summed E-state index contributed by atoms with van der Waals surface area (Å²) in [7, 11) is -5.34. The van der Waals surface area contributed by atoms with Gasteiger partial charge < -0.3 is 1.43 Å². The summed E-state index contributed by atoms with van der Waals surface area (Å²) >= 11 is 0. The second-order valence-electron chi connectivity index (χ2n) is 0.991. The molecular formula is CH3F3KNO2S. The average molecular weight is 189 g/mol. The Balaban J connectivity index is -0.000000245. The van der Waals surface area contributed by atoms with Gasteiger partial charge in [-0.3, -0.25) is 0 Å². The second kappa shape index (κ2) is 3.65. The van der Waals surface area contributed by atoms with E-state index in [1.807, 2.05) is 0 Å². The first-order valence-electron chi connectivity index (χ1n) is 1.34. The van der Waals surface area contributed by atoms with Gasteiger partial charge in [-0.1, -0.05) is 0 Å². The summed E-state index contributed by atoms with van der Waals surface area (Å²) < 4.78 is 51.2. The molecule has 0 aromatic heterocycles. The number of rotatable bonds is 0. The van der Waals surface area contributed by atoms with E-state index in [9.17, 15) is 21.6 Å². The van der Waals surface area contributed by atoms with Crippen molar-refractivity contribution in [1.82, 2.24) is 0 Å². The molecule has 0 aliphatic rings. The zero-order valence-electron chi connectivity index (χ0n) is 5.44. The molecule has 52 valence electrons. The fraction of sp³-hybridized carbons (Fsp3) is 1.00. The van der Waals surface area contributed by atoms with Gasteiger partial charge in [-0.25, -0.2) is 13.6 Å². The SMILES string of the molecule is NS(=O)(=O)C(F)(F)F.[H-].[K+]. The molecule has 0 saturated carbocycles. The third kappa shape index (κ3) is 4.70. The number of halogens is 3. The van der Waals surface area contributed by atoms with Crippen LogP contribution < -0.4 is 56.5 Å². The smallest absolute Gasteiger partial charge is 1.00 e. The zero-order valence-corrected chi connectivity index (χ0v) is 8.38. The molecule has 8 heteroatoms. The minimum atomic E-state index is -5.34. The van der Waals surface area contributed by atoms with Crippen LogP contribution in [-0.2, 0) is 10.0 Å². The van der Waals surface area contributed by atoms with Gasteiger partial charge in [0.1, 0.15) is 0 Å². The monoisotopic (exact) mass is 189 g/mol. The fourth-order valence-electron chi connectivity index (χ4n) is 0. The molecule has 0 radical (unpaired) electrons. The summed E-state index contributed by atoms with van der Waals surface area (Å²) in [5, 5.41) is 3.66. The van der Waals surface area contributed by atoms with Crippen LogP contribution in [0.25, 0.3) is 0 Å². The van der Waals surface area contributed by atoms with E-state index < -0.39 is 15.5 Å². The van der Waals surface area contributed by atoms with E-state index in [2.05, 4.69) is 5.14 Å². The van der Waals surface area contributed by atoms with Crippen molar-refractivity contribution >= 4 is 10.0 Å². The van der Waals surface area contributed by atoms with Crippen LogP contribution in [0, 0.1) is 0 Å². The van der Waals surface area contributed by atoms with E-state index in [1.54, 1.807) is 0 Å². The van der Waals surface area contributed by atoms with Crippen LogP contribution in [0.15, 0.2) is 0 Å². The molecule has 0 spiro atoms. The van der Waals surface area contributed by atoms with Crippen molar-refractivity contribution in [1.29, 1.82) is 0 Å². The fourth-order valence-corrected chi connectivity index (χ4v) is 0. The molecule has 0 atom stereocenters. The van der Waals surface area contributed by atoms with Crippen molar-refractivity contribution in [2.75, 3.05) is 0 Å². The molecule has 0 rings (SSSR count). The van der Waals surface area contributed by atoms with Gasteiger partial charge in [0.2, 0.25) is 0 Å². The van der Waals surface area contributed by atoms with Gasteiger partial charge in [0.15, 0.2) is 0 Å². The Morgan fingerprint density at radius 3 is 1.44 bits per heavy atom. The zero-order chi connectivity index (χ0) is 7.00. The predicted molar refractivity (Wildman–Crippen MR) is 20.3 cm³/mol. The minimum Gasteiger partial charge on any atom is -1.00 e. The molecule has 0 aliphatic carbocycles. The molecule has 0 unspecified atom stereocenters. The molecule has 0 aromatic rings. The van der Waals surface area contributed by atoms with Crippen LogP contribution >= 0.6 is 0 Å². The average Bonchev–Trinajstić information content (AvgIpc) is 1.25. The summed E-state index contributed by atoms with van der Waals surface area (Å²) in [4.78, 5) is 0. The van der Waals surface area contributed by atoms with Gasteiger partial charge in [0.25, 0.3) is 0 Å². The molecule has 0 amide bonds. The van der Waals surface area contributed by atoms with Gasteiger partial charge in [0.05, 0.1) is 0 Å². The summed E-state index contributed by atoms with van der Waals surface area (Å²) in [6.07, 6.45) is 0. The molecule has 3 nitrogen and oxygen atoms in total. The van der Waals surface area contributed by atoms with E-state index in [0.717, 1.165) is 0 Å². The summed E-state index contributed by atoms with van der Waals surface area (Å²) in [6.45, 7) is 0. The van der Waals surface area contributed by atoms with Crippen molar-refractivity contribution in [2.24, 2.45) is 5.14 Å². The van der Waals surface area contributed by atoms with Crippen molar-refractivity contribution in [2.45, 2.75) is 5.51 Å². The number of nitrogens with two attached hydrogens (primary N) is 1. The Morgan fingerprint density at radius 2 is 1.44 bits per heavy atom. The van der Waals surface area contributed by atoms with Crippen LogP contribution in [0.4, 0.5) is 13.2 Å². The molecule has 0 aromatic carbocycles. The van der Waals surface area contributed by atoms with Crippen molar-refractivity contribution in [3.63, 3.8) is 0 Å². The number of hydrogen-bond donors (Lipinski definition) is 1. The quantitative estimate of drug-likeness (QED) is 0.411. The van der Waals surface area contributed by atoms with Crippen LogP contribution in [-0.4, -0.2) is 13.9 Å². The Hall–Kier alpha value is 1.34. The maximum atomic E-state index is 10.8. The van der Waals surface area contributed by atoms with Crippen LogP contribution in [0.1, 0.15) is 1.43 Å². The molecule has 0 bridgehead atoms. The Kier molecular flexibility index (Phi) is 5.26. The molecule has 2 N–H and O–H groups in total. The first-order valence-corrected chi connectivity index (χ1v) is 2.89. The molecule has 9 heavy (non-hydrogen) atoms. The molecule has 0 fully saturated rings. The summed E-state index contributed by atoms with van der Waals surface area (Å²) in [5.41, 5.74) is -5.31. The number of hydrogen-bond acceptors (Lipinski definition) is 2. The van der Waals surface area contributed by atoms with Gasteiger partial charge >= 0.3 is 66.9 Å². The molecular weight excluding hydrogens is 186 g/mol. The van der Waals surface area contributed by atoms with Gasteiger partial charge in [0, 0.05) is 0 Å². The van der Waals surface area contributed by atoms with Crippen LogP contribution in [0.3, 0.4) is 0 Å². The van der Waals surface area contributed by atoms with Gasteiger partial charge in [-0.15, -0.1) is 0 Å². The number of sulfonamides is 1. The third-order valence-electron chi connectivity index (χ3n) is 0.323. The van der Waals surface area contributed by atoms with Crippen molar-refractivity contribution < 1.29 is 74.4 Å². The minimum absolute atomic E-state index is 0. The number of primary sulfonamides is 1. The van der Waals surface area contributed by atoms with Crippen molar-refractivity contribution in [3.05, 3.63) is 0 Å². The topological polar surface area (TPSA) is 60.2 Å². The van der Waals surface area contributed by atoms with E-state index in [0.29, 0.717) is 0 Å². The van der Waals surface area contributed by atoms with Crippen LogP contribution in [0.2, 0.25) is 0 Å². The van der Waals surface area contributed by atoms with E-state index in [4.69, 9.17) is 0 Å². The first-order chi connectivity index (χ1) is 3.25. The largest absolute Gasteiger partial charge is 1.00 e.